The number of aromatic nitrogens is 3. The number of methoxy groups -OCH3 is 1. The number of benzene rings is 2. The Bertz CT molecular complexity index is 989. The Labute approximate surface area is 174 Å². The van der Waals surface area contributed by atoms with Crippen molar-refractivity contribution in [2.75, 3.05) is 18.2 Å². The Hall–Kier alpha value is -2.80. The third-order valence-electron chi connectivity index (χ3n) is 5.10. The number of hydrogen-bond donors (Lipinski definition) is 1. The van der Waals surface area contributed by atoms with Crippen LogP contribution < -0.4 is 10.1 Å². The number of thioether (sulfide) groups is 1. The van der Waals surface area contributed by atoms with Gasteiger partial charge in [0, 0.05) is 24.2 Å². The maximum atomic E-state index is 12.3. The molecule has 1 aliphatic rings. The number of carbonyl (C=O) groups is 1. The largest absolute Gasteiger partial charge is 0.497 e. The van der Waals surface area contributed by atoms with E-state index in [1.54, 1.807) is 13.2 Å². The third kappa shape index (κ3) is 4.45. The summed E-state index contributed by atoms with van der Waals surface area (Å²) in [4.78, 5) is 12.3. The number of nitrogens with zero attached hydrogens (tertiary/aromatic N) is 3. The van der Waals surface area contributed by atoms with Gasteiger partial charge in [-0.25, -0.2) is 0 Å². The van der Waals surface area contributed by atoms with E-state index in [2.05, 4.69) is 51.3 Å². The van der Waals surface area contributed by atoms with Crippen molar-refractivity contribution >= 4 is 23.4 Å². The maximum absolute atomic E-state index is 12.3. The van der Waals surface area contributed by atoms with Crippen LogP contribution in [0.1, 0.15) is 36.6 Å². The van der Waals surface area contributed by atoms with Crippen molar-refractivity contribution in [1.82, 2.24) is 14.8 Å². The predicted octanol–water partition coefficient (Wildman–Crippen LogP) is 4.31. The molecule has 2 aromatic carbocycles. The molecule has 0 aliphatic heterocycles. The van der Waals surface area contributed by atoms with Crippen molar-refractivity contribution in [1.29, 1.82) is 0 Å². The second-order valence-corrected chi connectivity index (χ2v) is 7.96. The van der Waals surface area contributed by atoms with Crippen LogP contribution in [0.4, 0.5) is 5.69 Å². The SMILES string of the molecule is CCn1c(SCC(=O)Nc2cccc(OC)c2)nnc1C1CC1c1ccccc1. The average Bonchev–Trinajstić information content (AvgIpc) is 3.45. The number of nitrogens with one attached hydrogen (secondary N) is 1. The van der Waals surface area contributed by atoms with Crippen LogP contribution in [0.2, 0.25) is 0 Å². The summed E-state index contributed by atoms with van der Waals surface area (Å²) in [7, 11) is 1.61. The number of ether oxygens (including phenoxy) is 1. The predicted molar refractivity (Wildman–Crippen MR) is 115 cm³/mol. The van der Waals surface area contributed by atoms with Gasteiger partial charge in [-0.2, -0.15) is 0 Å². The first-order valence-corrected chi connectivity index (χ1v) is 10.7. The van der Waals surface area contributed by atoms with Crippen molar-refractivity contribution in [2.45, 2.75) is 36.9 Å². The van der Waals surface area contributed by atoms with E-state index in [9.17, 15) is 4.79 Å². The van der Waals surface area contributed by atoms with Gasteiger partial charge >= 0.3 is 0 Å². The quantitative estimate of drug-likeness (QED) is 0.563. The number of anilines is 1. The van der Waals surface area contributed by atoms with E-state index in [4.69, 9.17) is 4.74 Å². The molecular formula is C22H24N4O2S. The van der Waals surface area contributed by atoms with Crippen LogP contribution >= 0.6 is 11.8 Å². The maximum Gasteiger partial charge on any atom is 0.234 e. The van der Waals surface area contributed by atoms with Gasteiger partial charge in [-0.3, -0.25) is 4.79 Å². The zero-order valence-corrected chi connectivity index (χ0v) is 17.4. The lowest BCUT2D eigenvalue weighted by Gasteiger charge is -2.08. The van der Waals surface area contributed by atoms with Crippen molar-refractivity contribution in [3.8, 4) is 5.75 Å². The van der Waals surface area contributed by atoms with Crippen LogP contribution in [0, 0.1) is 0 Å². The van der Waals surface area contributed by atoms with E-state index in [-0.39, 0.29) is 11.7 Å². The molecule has 3 aromatic rings. The minimum Gasteiger partial charge on any atom is -0.497 e. The first-order chi connectivity index (χ1) is 14.2. The molecule has 2 unspecified atom stereocenters. The number of carbonyl (C=O) groups excluding carboxylic acids is 1. The molecule has 0 spiro atoms. The minimum absolute atomic E-state index is 0.0796. The Balaban J connectivity index is 1.38. The van der Waals surface area contributed by atoms with Crippen LogP contribution in [-0.4, -0.2) is 33.5 Å². The zero-order chi connectivity index (χ0) is 20.2. The highest BCUT2D eigenvalue weighted by atomic mass is 32.2. The molecule has 1 fully saturated rings. The number of hydrogen-bond acceptors (Lipinski definition) is 5. The summed E-state index contributed by atoms with van der Waals surface area (Å²) in [5.74, 6) is 2.86. The smallest absolute Gasteiger partial charge is 0.234 e. The van der Waals surface area contributed by atoms with Crippen LogP contribution in [-0.2, 0) is 11.3 Å². The van der Waals surface area contributed by atoms with Crippen LogP contribution in [0.3, 0.4) is 0 Å². The first-order valence-electron chi connectivity index (χ1n) is 9.74. The minimum atomic E-state index is -0.0796. The fourth-order valence-corrected chi connectivity index (χ4v) is 4.36. The fourth-order valence-electron chi connectivity index (χ4n) is 3.56. The molecule has 6 nitrogen and oxygen atoms in total. The molecule has 1 saturated carbocycles. The molecule has 0 bridgehead atoms. The highest BCUT2D eigenvalue weighted by Gasteiger charge is 2.43. The summed E-state index contributed by atoms with van der Waals surface area (Å²) in [5.41, 5.74) is 2.08. The molecular weight excluding hydrogens is 384 g/mol. The lowest BCUT2D eigenvalue weighted by molar-refractivity contribution is -0.113. The van der Waals surface area contributed by atoms with Gasteiger partial charge < -0.3 is 14.6 Å². The summed E-state index contributed by atoms with van der Waals surface area (Å²) in [5, 5.41) is 12.5. The van der Waals surface area contributed by atoms with Gasteiger partial charge in [0.2, 0.25) is 5.91 Å². The molecule has 1 amide bonds. The second kappa shape index (κ2) is 8.69. The molecule has 7 heteroatoms. The summed E-state index contributed by atoms with van der Waals surface area (Å²) < 4.78 is 7.33. The first kappa shape index (κ1) is 19.5. The summed E-state index contributed by atoms with van der Waals surface area (Å²) >= 11 is 1.42. The van der Waals surface area contributed by atoms with Gasteiger partial charge in [0.25, 0.3) is 0 Å². The molecule has 1 heterocycles. The Kier molecular flexibility index (Phi) is 5.85. The Morgan fingerprint density at radius 1 is 1.17 bits per heavy atom. The molecule has 0 saturated heterocycles. The molecule has 4 rings (SSSR count). The molecule has 150 valence electrons. The normalized spacial score (nSPS) is 17.7. The van der Waals surface area contributed by atoms with E-state index < -0.39 is 0 Å². The topological polar surface area (TPSA) is 69.0 Å². The van der Waals surface area contributed by atoms with E-state index in [0.29, 0.717) is 17.6 Å². The van der Waals surface area contributed by atoms with Crippen molar-refractivity contribution in [3.05, 3.63) is 66.0 Å². The van der Waals surface area contributed by atoms with Gasteiger partial charge in [0.15, 0.2) is 5.16 Å². The summed E-state index contributed by atoms with van der Waals surface area (Å²) in [6.45, 7) is 2.88. The van der Waals surface area contributed by atoms with Gasteiger partial charge in [0.1, 0.15) is 11.6 Å². The highest BCUT2D eigenvalue weighted by molar-refractivity contribution is 7.99. The second-order valence-electron chi connectivity index (χ2n) is 7.01. The molecule has 0 radical (unpaired) electrons. The van der Waals surface area contributed by atoms with Crippen LogP contribution in [0.25, 0.3) is 0 Å². The summed E-state index contributed by atoms with van der Waals surface area (Å²) in [6, 6.07) is 17.9. The average molecular weight is 409 g/mol. The van der Waals surface area contributed by atoms with E-state index in [0.717, 1.165) is 29.6 Å². The fraction of sp³-hybridized carbons (Fsp3) is 0.318. The van der Waals surface area contributed by atoms with E-state index in [1.165, 1.54) is 17.3 Å². The van der Waals surface area contributed by atoms with Gasteiger partial charge in [-0.15, -0.1) is 10.2 Å². The third-order valence-corrected chi connectivity index (χ3v) is 6.06. The van der Waals surface area contributed by atoms with Gasteiger partial charge in [-0.1, -0.05) is 48.2 Å². The number of amides is 1. The van der Waals surface area contributed by atoms with Gasteiger partial charge in [0.05, 0.1) is 12.9 Å². The van der Waals surface area contributed by atoms with Crippen molar-refractivity contribution in [3.63, 3.8) is 0 Å². The molecule has 1 aromatic heterocycles. The Morgan fingerprint density at radius 3 is 2.76 bits per heavy atom. The van der Waals surface area contributed by atoms with E-state index >= 15 is 0 Å². The summed E-state index contributed by atoms with van der Waals surface area (Å²) in [6.07, 6.45) is 1.10. The van der Waals surface area contributed by atoms with E-state index in [1.807, 2.05) is 24.3 Å². The lowest BCUT2D eigenvalue weighted by Crippen LogP contribution is -2.14. The lowest BCUT2D eigenvalue weighted by atomic mass is 10.1. The highest BCUT2D eigenvalue weighted by Crippen LogP contribution is 2.54. The molecule has 1 aliphatic carbocycles. The zero-order valence-electron chi connectivity index (χ0n) is 16.5. The van der Waals surface area contributed by atoms with Crippen molar-refractivity contribution in [2.24, 2.45) is 0 Å². The number of rotatable bonds is 8. The van der Waals surface area contributed by atoms with Gasteiger partial charge in [-0.05, 0) is 37.0 Å². The molecule has 2 atom stereocenters. The Morgan fingerprint density at radius 2 is 2.00 bits per heavy atom. The van der Waals surface area contributed by atoms with Crippen LogP contribution in [0.5, 0.6) is 5.75 Å². The standard InChI is InChI=1S/C22H24N4O2S/c1-3-26-21(19-13-18(19)15-8-5-4-6-9-15)24-25-22(26)29-14-20(27)23-16-10-7-11-17(12-16)28-2/h4-12,18-19H,3,13-14H2,1-2H3,(H,23,27). The monoisotopic (exact) mass is 408 g/mol. The molecule has 1 N–H and O–H groups in total. The molecule has 29 heavy (non-hydrogen) atoms. The van der Waals surface area contributed by atoms with Crippen LogP contribution in [0.15, 0.2) is 59.8 Å². The van der Waals surface area contributed by atoms with Crippen molar-refractivity contribution < 1.29 is 9.53 Å².